The van der Waals surface area contributed by atoms with Crippen molar-refractivity contribution in [3.8, 4) is 5.69 Å². The Hall–Kier alpha value is -2.63. The lowest BCUT2D eigenvalue weighted by Crippen LogP contribution is -2.25. The summed E-state index contributed by atoms with van der Waals surface area (Å²) in [6.07, 6.45) is 3.97. The zero-order valence-electron chi connectivity index (χ0n) is 11.3. The molecule has 1 aromatic heterocycles. The first kappa shape index (κ1) is 13.4. The number of rotatable bonds is 5. The normalized spacial score (nSPS) is 20.0. The van der Waals surface area contributed by atoms with E-state index in [-0.39, 0.29) is 11.8 Å². The number of benzene rings is 1. The molecule has 6 heteroatoms. The van der Waals surface area contributed by atoms with Gasteiger partial charge in [-0.1, -0.05) is 18.2 Å². The van der Waals surface area contributed by atoms with Crippen molar-refractivity contribution in [1.29, 1.82) is 0 Å². The summed E-state index contributed by atoms with van der Waals surface area (Å²) in [5.41, 5.74) is 1.82. The summed E-state index contributed by atoms with van der Waals surface area (Å²) in [5, 5.41) is 15.8. The minimum absolute atomic E-state index is 0.199. The van der Waals surface area contributed by atoms with E-state index in [1.165, 1.54) is 0 Å². The molecule has 1 aliphatic rings. The Morgan fingerprint density at radius 3 is 2.71 bits per heavy atom. The van der Waals surface area contributed by atoms with Crippen LogP contribution in [0.3, 0.4) is 0 Å². The molecular weight excluding hydrogens is 270 g/mol. The van der Waals surface area contributed by atoms with Crippen LogP contribution in [0.2, 0.25) is 0 Å². The van der Waals surface area contributed by atoms with Crippen LogP contribution in [0.4, 0.5) is 0 Å². The Morgan fingerprint density at radius 1 is 1.29 bits per heavy atom. The molecule has 0 saturated heterocycles. The number of hydrogen-bond acceptors (Lipinski definition) is 3. The van der Waals surface area contributed by atoms with Gasteiger partial charge in [-0.05, 0) is 18.6 Å². The third-order valence-electron chi connectivity index (χ3n) is 3.57. The zero-order chi connectivity index (χ0) is 14.8. The number of nitrogens with one attached hydrogen (secondary N) is 1. The van der Waals surface area contributed by atoms with Gasteiger partial charge < -0.3 is 10.4 Å². The van der Waals surface area contributed by atoms with Crippen LogP contribution >= 0.6 is 0 Å². The fourth-order valence-electron chi connectivity index (χ4n) is 2.25. The quantitative estimate of drug-likeness (QED) is 0.864. The maximum Gasteiger partial charge on any atom is 0.307 e. The maximum atomic E-state index is 11.8. The Bertz CT molecular complexity index is 666. The van der Waals surface area contributed by atoms with Crippen LogP contribution in [0.1, 0.15) is 12.0 Å². The summed E-state index contributed by atoms with van der Waals surface area (Å²) < 4.78 is 1.73. The molecule has 0 spiro atoms. The minimum Gasteiger partial charge on any atom is -0.481 e. The zero-order valence-corrected chi connectivity index (χ0v) is 11.3. The van der Waals surface area contributed by atoms with E-state index < -0.39 is 11.9 Å². The molecule has 2 atom stereocenters. The maximum absolute atomic E-state index is 11.8. The van der Waals surface area contributed by atoms with Crippen LogP contribution in [0, 0.1) is 11.8 Å². The molecular formula is C15H15N3O3. The van der Waals surface area contributed by atoms with E-state index in [1.807, 2.05) is 36.5 Å². The van der Waals surface area contributed by atoms with E-state index in [9.17, 15) is 9.59 Å². The number of nitrogens with zero attached hydrogens (tertiary/aromatic N) is 2. The summed E-state index contributed by atoms with van der Waals surface area (Å²) in [6.45, 7) is 0.356. The monoisotopic (exact) mass is 285 g/mol. The molecule has 0 bridgehead atoms. The van der Waals surface area contributed by atoms with Crippen LogP contribution in [-0.2, 0) is 16.1 Å². The molecule has 1 aromatic carbocycles. The van der Waals surface area contributed by atoms with Gasteiger partial charge >= 0.3 is 5.97 Å². The molecule has 2 N–H and O–H groups in total. The van der Waals surface area contributed by atoms with Crippen LogP contribution in [0.25, 0.3) is 5.69 Å². The molecule has 6 nitrogen and oxygen atoms in total. The van der Waals surface area contributed by atoms with Crippen LogP contribution in [0.5, 0.6) is 0 Å². The smallest absolute Gasteiger partial charge is 0.307 e. The van der Waals surface area contributed by atoms with Gasteiger partial charge in [0.2, 0.25) is 5.91 Å². The van der Waals surface area contributed by atoms with Crippen molar-refractivity contribution in [2.45, 2.75) is 13.0 Å². The fraction of sp³-hybridized carbons (Fsp3) is 0.267. The lowest BCUT2D eigenvalue weighted by molar-refractivity contribution is -0.140. The Kier molecular flexibility index (Phi) is 3.43. The number of carboxylic acid groups (broad SMARTS) is 1. The highest BCUT2D eigenvalue weighted by molar-refractivity contribution is 5.89. The molecule has 2 unspecified atom stereocenters. The molecule has 1 heterocycles. The first-order chi connectivity index (χ1) is 10.1. The molecule has 1 aliphatic carbocycles. The number of aliphatic carboxylic acids is 1. The van der Waals surface area contributed by atoms with E-state index in [0.717, 1.165) is 11.3 Å². The van der Waals surface area contributed by atoms with E-state index in [2.05, 4.69) is 10.4 Å². The standard InChI is InChI=1S/C15H15N3O3/c19-14(12-6-13(12)15(20)21)16-7-10-8-17-18(9-10)11-4-2-1-3-5-11/h1-5,8-9,12-13H,6-7H2,(H,16,19)(H,20,21). The fourth-order valence-corrected chi connectivity index (χ4v) is 2.25. The number of carbonyl (C=O) groups excluding carboxylic acids is 1. The molecule has 21 heavy (non-hydrogen) atoms. The number of hydrogen-bond donors (Lipinski definition) is 2. The summed E-state index contributed by atoms with van der Waals surface area (Å²) in [4.78, 5) is 22.5. The van der Waals surface area contributed by atoms with Crippen molar-refractivity contribution < 1.29 is 14.7 Å². The third kappa shape index (κ3) is 2.94. The highest BCUT2D eigenvalue weighted by Gasteiger charge is 2.48. The second-order valence-corrected chi connectivity index (χ2v) is 5.13. The average molecular weight is 285 g/mol. The highest BCUT2D eigenvalue weighted by Crippen LogP contribution is 2.38. The lowest BCUT2D eigenvalue weighted by atomic mass is 10.3. The Balaban J connectivity index is 1.56. The van der Waals surface area contributed by atoms with Crippen molar-refractivity contribution >= 4 is 11.9 Å². The van der Waals surface area contributed by atoms with Crippen molar-refractivity contribution in [1.82, 2.24) is 15.1 Å². The molecule has 108 valence electrons. The van der Waals surface area contributed by atoms with E-state index in [0.29, 0.717) is 13.0 Å². The Morgan fingerprint density at radius 2 is 2.05 bits per heavy atom. The van der Waals surface area contributed by atoms with Gasteiger partial charge in [0.25, 0.3) is 0 Å². The van der Waals surface area contributed by atoms with Gasteiger partial charge in [0, 0.05) is 18.3 Å². The average Bonchev–Trinajstić information content (AvgIpc) is 3.17. The number of amides is 1. The van der Waals surface area contributed by atoms with Crippen LogP contribution in [-0.4, -0.2) is 26.8 Å². The molecule has 0 aliphatic heterocycles. The summed E-state index contributed by atoms with van der Waals surface area (Å²) in [7, 11) is 0. The number of aromatic nitrogens is 2. The van der Waals surface area contributed by atoms with Crippen LogP contribution in [0.15, 0.2) is 42.7 Å². The van der Waals surface area contributed by atoms with Gasteiger partial charge in [0.05, 0.1) is 23.7 Å². The van der Waals surface area contributed by atoms with E-state index >= 15 is 0 Å². The molecule has 1 saturated carbocycles. The molecule has 0 radical (unpaired) electrons. The minimum atomic E-state index is -0.896. The number of carbonyl (C=O) groups is 2. The van der Waals surface area contributed by atoms with Gasteiger partial charge in [0.1, 0.15) is 0 Å². The Labute approximate surface area is 121 Å². The van der Waals surface area contributed by atoms with Crippen LogP contribution < -0.4 is 5.32 Å². The van der Waals surface area contributed by atoms with E-state index in [4.69, 9.17) is 5.11 Å². The third-order valence-corrected chi connectivity index (χ3v) is 3.57. The van der Waals surface area contributed by atoms with Crippen molar-refractivity contribution in [2.75, 3.05) is 0 Å². The second-order valence-electron chi connectivity index (χ2n) is 5.13. The largest absolute Gasteiger partial charge is 0.481 e. The molecule has 2 aromatic rings. The molecule has 1 fully saturated rings. The molecule has 3 rings (SSSR count). The lowest BCUT2D eigenvalue weighted by Gasteiger charge is -2.02. The van der Waals surface area contributed by atoms with Gasteiger partial charge in [0.15, 0.2) is 0 Å². The summed E-state index contributed by atoms with van der Waals surface area (Å²) in [5.74, 6) is -1.99. The van der Waals surface area contributed by atoms with Gasteiger partial charge in [-0.2, -0.15) is 5.10 Å². The van der Waals surface area contributed by atoms with Crippen molar-refractivity contribution in [3.63, 3.8) is 0 Å². The first-order valence-corrected chi connectivity index (χ1v) is 6.74. The molecule has 1 amide bonds. The van der Waals surface area contributed by atoms with Crippen molar-refractivity contribution in [3.05, 3.63) is 48.3 Å². The predicted octanol–water partition coefficient (Wildman–Crippen LogP) is 1.21. The predicted molar refractivity (Wildman–Crippen MR) is 74.6 cm³/mol. The van der Waals surface area contributed by atoms with Gasteiger partial charge in [-0.15, -0.1) is 0 Å². The van der Waals surface area contributed by atoms with Gasteiger partial charge in [-0.25, -0.2) is 4.68 Å². The SMILES string of the molecule is O=C(O)C1CC1C(=O)NCc1cnn(-c2ccccc2)c1. The summed E-state index contributed by atoms with van der Waals surface area (Å²) >= 11 is 0. The van der Waals surface area contributed by atoms with E-state index in [1.54, 1.807) is 10.9 Å². The summed E-state index contributed by atoms with van der Waals surface area (Å²) in [6, 6.07) is 9.67. The topological polar surface area (TPSA) is 84.2 Å². The van der Waals surface area contributed by atoms with Crippen molar-refractivity contribution in [2.24, 2.45) is 11.8 Å². The number of carboxylic acids is 1. The number of para-hydroxylation sites is 1. The highest BCUT2D eigenvalue weighted by atomic mass is 16.4. The van der Waals surface area contributed by atoms with Gasteiger partial charge in [-0.3, -0.25) is 9.59 Å². The second kappa shape index (κ2) is 5.40. The first-order valence-electron chi connectivity index (χ1n) is 6.74.